The van der Waals surface area contributed by atoms with E-state index in [9.17, 15) is 4.39 Å². The fourth-order valence-electron chi connectivity index (χ4n) is 4.92. The molecule has 0 bridgehead atoms. The quantitative estimate of drug-likeness (QED) is 0.335. The summed E-state index contributed by atoms with van der Waals surface area (Å²) in [4.78, 5) is 9.03. The van der Waals surface area contributed by atoms with Crippen molar-refractivity contribution in [2.75, 3.05) is 33.2 Å². The van der Waals surface area contributed by atoms with Crippen LogP contribution in [-0.4, -0.2) is 66.3 Å². The Morgan fingerprint density at radius 1 is 1.15 bits per heavy atom. The Labute approximate surface area is 202 Å². The van der Waals surface area contributed by atoms with E-state index in [1.54, 1.807) is 19.2 Å². The van der Waals surface area contributed by atoms with Gasteiger partial charge in [0.15, 0.2) is 0 Å². The van der Waals surface area contributed by atoms with Crippen molar-refractivity contribution in [3.05, 3.63) is 77.7 Å². The van der Waals surface area contributed by atoms with E-state index in [1.807, 2.05) is 50.3 Å². The number of rotatable bonds is 5. The maximum absolute atomic E-state index is 14.6. The van der Waals surface area contributed by atoms with Gasteiger partial charge in [-0.15, -0.1) is 10.2 Å². The molecule has 2 heterocycles. The Kier molecular flexibility index (Phi) is 7.68. The maximum atomic E-state index is 14.6. The van der Waals surface area contributed by atoms with Crippen molar-refractivity contribution in [1.82, 2.24) is 9.80 Å². The molecule has 3 aliphatic rings. The lowest BCUT2D eigenvalue weighted by Gasteiger charge is -2.38. The summed E-state index contributed by atoms with van der Waals surface area (Å²) in [5.74, 6) is 0.638. The minimum absolute atomic E-state index is 0.305. The summed E-state index contributed by atoms with van der Waals surface area (Å²) in [6.07, 6.45) is 10.7. The smallest absolute Gasteiger partial charge is 0.149 e. The average Bonchev–Trinajstić information content (AvgIpc) is 3.33. The summed E-state index contributed by atoms with van der Waals surface area (Å²) in [6.45, 7) is 12.4. The first-order valence-corrected chi connectivity index (χ1v) is 12.1. The van der Waals surface area contributed by atoms with E-state index in [-0.39, 0.29) is 5.83 Å². The lowest BCUT2D eigenvalue weighted by molar-refractivity contribution is 0.151. The molecule has 1 aromatic rings. The van der Waals surface area contributed by atoms with Crippen molar-refractivity contribution in [3.8, 4) is 0 Å². The zero-order valence-electron chi connectivity index (χ0n) is 20.5. The van der Waals surface area contributed by atoms with Crippen LogP contribution in [-0.2, 0) is 0 Å². The monoisotopic (exact) mass is 459 g/mol. The maximum Gasteiger partial charge on any atom is 0.149 e. The van der Waals surface area contributed by atoms with Gasteiger partial charge < -0.3 is 4.90 Å². The number of piperazine rings is 1. The SMILES string of the molecule is C=C/C(=N\N=C(/C)N1CCN2CCCC2C1)c1ccc(C2=C/C(=C/CC)C(=NC)C(F)=C2)cc1. The second-order valence-corrected chi connectivity index (χ2v) is 8.92. The van der Waals surface area contributed by atoms with Crippen molar-refractivity contribution in [3.63, 3.8) is 0 Å². The van der Waals surface area contributed by atoms with Crippen LogP contribution in [0.4, 0.5) is 4.39 Å². The number of allylic oxidation sites excluding steroid dienone is 7. The molecule has 0 amide bonds. The van der Waals surface area contributed by atoms with Crippen molar-refractivity contribution < 1.29 is 4.39 Å². The summed E-state index contributed by atoms with van der Waals surface area (Å²) in [7, 11) is 1.62. The van der Waals surface area contributed by atoms with Gasteiger partial charge in [0, 0.05) is 38.3 Å². The highest BCUT2D eigenvalue weighted by atomic mass is 19.1. The van der Waals surface area contributed by atoms with Gasteiger partial charge in [0.05, 0.1) is 11.4 Å². The molecule has 178 valence electrons. The molecule has 5 nitrogen and oxygen atoms in total. The molecule has 1 unspecified atom stereocenters. The van der Waals surface area contributed by atoms with E-state index in [1.165, 1.54) is 19.4 Å². The highest BCUT2D eigenvalue weighted by Crippen LogP contribution is 2.28. The molecule has 4 rings (SSSR count). The van der Waals surface area contributed by atoms with Crippen molar-refractivity contribution in [2.24, 2.45) is 15.2 Å². The van der Waals surface area contributed by atoms with Crippen LogP contribution >= 0.6 is 0 Å². The zero-order valence-corrected chi connectivity index (χ0v) is 20.5. The predicted molar refractivity (Wildman–Crippen MR) is 141 cm³/mol. The molecule has 0 spiro atoms. The Morgan fingerprint density at radius 3 is 2.65 bits per heavy atom. The van der Waals surface area contributed by atoms with Gasteiger partial charge in [-0.25, -0.2) is 4.39 Å². The molecule has 0 N–H and O–H groups in total. The van der Waals surface area contributed by atoms with Crippen LogP contribution in [0.15, 0.2) is 81.7 Å². The van der Waals surface area contributed by atoms with Crippen LogP contribution < -0.4 is 0 Å². The van der Waals surface area contributed by atoms with E-state index in [4.69, 9.17) is 0 Å². The van der Waals surface area contributed by atoms with Gasteiger partial charge in [-0.05, 0) is 67.7 Å². The van der Waals surface area contributed by atoms with Gasteiger partial charge in [0.2, 0.25) is 0 Å². The van der Waals surface area contributed by atoms with Crippen LogP contribution in [0.1, 0.15) is 44.2 Å². The van der Waals surface area contributed by atoms with E-state index < -0.39 is 0 Å². The number of nitrogens with zero attached hydrogens (tertiary/aromatic N) is 5. The van der Waals surface area contributed by atoms with Gasteiger partial charge in [-0.2, -0.15) is 0 Å². The molecule has 34 heavy (non-hydrogen) atoms. The Balaban J connectivity index is 1.51. The Bertz CT molecular complexity index is 1100. The molecule has 0 aromatic heterocycles. The minimum Gasteiger partial charge on any atom is -0.356 e. The topological polar surface area (TPSA) is 43.6 Å². The highest BCUT2D eigenvalue weighted by Gasteiger charge is 2.30. The summed E-state index contributed by atoms with van der Waals surface area (Å²) >= 11 is 0. The van der Waals surface area contributed by atoms with Crippen LogP contribution in [0.3, 0.4) is 0 Å². The third-order valence-electron chi connectivity index (χ3n) is 6.80. The number of halogens is 1. The van der Waals surface area contributed by atoms with E-state index in [0.717, 1.165) is 59.9 Å². The largest absolute Gasteiger partial charge is 0.356 e. The third-order valence-corrected chi connectivity index (χ3v) is 6.80. The lowest BCUT2D eigenvalue weighted by atomic mass is 9.93. The van der Waals surface area contributed by atoms with Crippen LogP contribution in [0, 0.1) is 0 Å². The highest BCUT2D eigenvalue weighted by molar-refractivity contribution is 6.17. The molecular weight excluding hydrogens is 425 g/mol. The van der Waals surface area contributed by atoms with Gasteiger partial charge in [-0.3, -0.25) is 9.89 Å². The van der Waals surface area contributed by atoms with Crippen LogP contribution in [0.2, 0.25) is 0 Å². The van der Waals surface area contributed by atoms with Crippen molar-refractivity contribution in [2.45, 2.75) is 39.2 Å². The summed E-state index contributed by atoms with van der Waals surface area (Å²) in [5.41, 5.74) is 4.64. The predicted octanol–water partition coefficient (Wildman–Crippen LogP) is 5.43. The second kappa shape index (κ2) is 10.9. The minimum atomic E-state index is -0.305. The summed E-state index contributed by atoms with van der Waals surface area (Å²) < 4.78 is 14.6. The Morgan fingerprint density at radius 2 is 1.94 bits per heavy atom. The molecule has 6 heteroatoms. The number of hydrogen-bond acceptors (Lipinski definition) is 4. The molecular formula is C28H34FN5. The molecule has 1 aromatic carbocycles. The molecule has 0 saturated carbocycles. The molecule has 2 fully saturated rings. The fraction of sp³-hybridized carbons (Fsp3) is 0.393. The van der Waals surface area contributed by atoms with Crippen molar-refractivity contribution >= 4 is 22.8 Å². The lowest BCUT2D eigenvalue weighted by Crippen LogP contribution is -2.51. The first kappa shape index (κ1) is 24.0. The normalized spacial score (nSPS) is 24.4. The molecule has 2 aliphatic heterocycles. The van der Waals surface area contributed by atoms with Gasteiger partial charge in [0.1, 0.15) is 11.7 Å². The molecule has 0 radical (unpaired) electrons. The second-order valence-electron chi connectivity index (χ2n) is 8.92. The third kappa shape index (κ3) is 5.17. The van der Waals surface area contributed by atoms with Crippen LogP contribution in [0.25, 0.3) is 5.57 Å². The first-order chi connectivity index (χ1) is 16.5. The number of fused-ring (bicyclic) bond motifs is 1. The standard InChI is InChI=1S/C28H34FN5/c1-5-8-23-17-24(18-26(29)28(23)30-4)21-10-12-22(13-11-21)27(6-2)32-31-20(3)34-16-15-33-14-7-9-25(33)19-34/h6,8,10-13,17-18,25H,2,5,7,9,14-16,19H2,1,3-4H3/b23-8-,30-28?,31-20+,32-27+. The van der Waals surface area contributed by atoms with Crippen LogP contribution in [0.5, 0.6) is 0 Å². The van der Waals surface area contributed by atoms with Gasteiger partial charge in [-0.1, -0.05) is 43.8 Å². The van der Waals surface area contributed by atoms with E-state index >= 15 is 0 Å². The zero-order chi connectivity index (χ0) is 24.1. The summed E-state index contributed by atoms with van der Waals surface area (Å²) in [6, 6.07) is 8.58. The first-order valence-electron chi connectivity index (χ1n) is 12.1. The number of hydrogen-bond donors (Lipinski definition) is 0. The van der Waals surface area contributed by atoms with E-state index in [2.05, 4.69) is 31.6 Å². The van der Waals surface area contributed by atoms with Gasteiger partial charge in [0.25, 0.3) is 0 Å². The summed E-state index contributed by atoms with van der Waals surface area (Å²) in [5, 5.41) is 9.03. The van der Waals surface area contributed by atoms with Crippen molar-refractivity contribution in [1.29, 1.82) is 0 Å². The van der Waals surface area contributed by atoms with E-state index in [0.29, 0.717) is 11.8 Å². The Hall–Kier alpha value is -3.12. The molecule has 1 atom stereocenters. The number of amidine groups is 1. The number of benzene rings is 1. The molecule has 1 aliphatic carbocycles. The number of aliphatic imine (C=N–C) groups is 1. The average molecular weight is 460 g/mol. The van der Waals surface area contributed by atoms with Gasteiger partial charge >= 0.3 is 0 Å². The fourth-order valence-corrected chi connectivity index (χ4v) is 4.92. The molecule has 2 saturated heterocycles.